The van der Waals surface area contributed by atoms with Crippen LogP contribution in [0.1, 0.15) is 0 Å². The highest BCUT2D eigenvalue weighted by molar-refractivity contribution is 9.10. The van der Waals surface area contributed by atoms with Crippen molar-refractivity contribution in [3.05, 3.63) is 28.6 Å². The van der Waals surface area contributed by atoms with Gasteiger partial charge in [-0.05, 0) is 15.9 Å². The fourth-order valence-electron chi connectivity index (χ4n) is 2.94. The number of halogens is 1. The molecule has 1 aliphatic rings. The summed E-state index contributed by atoms with van der Waals surface area (Å²) in [5.74, 6) is -0.0237. The first-order valence-corrected chi connectivity index (χ1v) is 9.52. The van der Waals surface area contributed by atoms with Gasteiger partial charge in [0.15, 0.2) is 10.8 Å². The third-order valence-electron chi connectivity index (χ3n) is 4.12. The zero-order valence-corrected chi connectivity index (χ0v) is 15.7. The molecule has 0 spiro atoms. The summed E-state index contributed by atoms with van der Waals surface area (Å²) in [5, 5.41) is 5.31. The number of thiazole rings is 1. The Morgan fingerprint density at radius 1 is 1.28 bits per heavy atom. The van der Waals surface area contributed by atoms with Crippen molar-refractivity contribution < 1.29 is 4.79 Å². The average Bonchev–Trinajstić information content (AvgIpc) is 3.27. The van der Waals surface area contributed by atoms with Crippen molar-refractivity contribution in [2.75, 3.05) is 42.9 Å². The van der Waals surface area contributed by atoms with Crippen LogP contribution in [0.2, 0.25) is 0 Å². The van der Waals surface area contributed by atoms with Gasteiger partial charge >= 0.3 is 0 Å². The van der Waals surface area contributed by atoms with Crippen LogP contribution in [0.15, 0.2) is 28.6 Å². The van der Waals surface area contributed by atoms with E-state index in [1.807, 2.05) is 5.38 Å². The number of amides is 1. The number of rotatable bonds is 4. The average molecular weight is 422 g/mol. The summed E-state index contributed by atoms with van der Waals surface area (Å²) in [7, 11) is 0. The van der Waals surface area contributed by atoms with Gasteiger partial charge in [-0.15, -0.1) is 11.3 Å². The van der Waals surface area contributed by atoms with Gasteiger partial charge in [-0.25, -0.2) is 15.0 Å². The maximum atomic E-state index is 12.1. The van der Waals surface area contributed by atoms with E-state index in [0.717, 1.165) is 41.9 Å². The smallest absolute Gasteiger partial charge is 0.240 e. The van der Waals surface area contributed by atoms with Crippen molar-refractivity contribution in [1.29, 1.82) is 0 Å². The highest BCUT2D eigenvalue weighted by Crippen LogP contribution is 2.32. The number of carbonyl (C=O) groups excluding carboxylic acids is 1. The molecule has 0 unspecified atom stereocenters. The Kier molecular flexibility index (Phi) is 4.64. The maximum Gasteiger partial charge on any atom is 0.240 e. The van der Waals surface area contributed by atoms with Gasteiger partial charge in [0.1, 0.15) is 5.52 Å². The highest BCUT2D eigenvalue weighted by Gasteiger charge is 2.23. The molecule has 0 bridgehead atoms. The summed E-state index contributed by atoms with van der Waals surface area (Å²) in [6, 6.07) is 0. The standard InChI is InChI=1S/C15H16BrN7OS/c16-10-7-18-14-12(19-9-20-14)13(10)23-4-2-22(3-5-23)8-11(24)21-15-17-1-6-25-15/h1,6-7,9H,2-5,8H2,(H,17,21,24)(H,18,19,20). The lowest BCUT2D eigenvalue weighted by Gasteiger charge is -2.36. The van der Waals surface area contributed by atoms with Crippen molar-refractivity contribution >= 4 is 55.2 Å². The molecular formula is C15H16BrN7OS. The summed E-state index contributed by atoms with van der Waals surface area (Å²) in [4.78, 5) is 32.3. The van der Waals surface area contributed by atoms with E-state index in [2.05, 4.69) is 51.0 Å². The van der Waals surface area contributed by atoms with Crippen molar-refractivity contribution in [1.82, 2.24) is 24.8 Å². The maximum absolute atomic E-state index is 12.1. The summed E-state index contributed by atoms with van der Waals surface area (Å²) in [6.07, 6.45) is 5.13. The third kappa shape index (κ3) is 3.51. The van der Waals surface area contributed by atoms with Gasteiger partial charge in [0.2, 0.25) is 5.91 Å². The molecule has 4 heterocycles. The number of nitrogens with one attached hydrogen (secondary N) is 2. The van der Waals surface area contributed by atoms with E-state index in [-0.39, 0.29) is 5.91 Å². The SMILES string of the molecule is O=C(CN1CCN(c2c(Br)cnc3nc[nH]c23)CC1)Nc1nccs1. The number of hydrogen-bond donors (Lipinski definition) is 2. The number of imidazole rings is 1. The summed E-state index contributed by atoms with van der Waals surface area (Å²) in [5.41, 5.74) is 2.72. The molecular weight excluding hydrogens is 406 g/mol. The Morgan fingerprint density at radius 2 is 2.12 bits per heavy atom. The molecule has 3 aromatic rings. The first kappa shape index (κ1) is 16.4. The van der Waals surface area contributed by atoms with Gasteiger partial charge < -0.3 is 15.2 Å². The largest absolute Gasteiger partial charge is 0.366 e. The second kappa shape index (κ2) is 7.06. The number of anilines is 2. The Bertz CT molecular complexity index is 873. The van der Waals surface area contributed by atoms with E-state index >= 15 is 0 Å². The summed E-state index contributed by atoms with van der Waals surface area (Å²) >= 11 is 5.01. The first-order chi connectivity index (χ1) is 12.2. The molecule has 25 heavy (non-hydrogen) atoms. The molecule has 0 radical (unpaired) electrons. The van der Waals surface area contributed by atoms with E-state index in [9.17, 15) is 4.79 Å². The number of pyridine rings is 1. The van der Waals surface area contributed by atoms with Crippen LogP contribution in [-0.2, 0) is 4.79 Å². The normalized spacial score (nSPS) is 15.6. The number of carbonyl (C=O) groups is 1. The molecule has 10 heteroatoms. The van der Waals surface area contributed by atoms with Gasteiger partial charge in [-0.2, -0.15) is 0 Å². The molecule has 0 atom stereocenters. The van der Waals surface area contributed by atoms with Crippen molar-refractivity contribution in [3.63, 3.8) is 0 Å². The van der Waals surface area contributed by atoms with Crippen LogP contribution >= 0.6 is 27.3 Å². The molecule has 3 aromatic heterocycles. The third-order valence-corrected chi connectivity index (χ3v) is 5.39. The van der Waals surface area contributed by atoms with Crippen LogP contribution in [-0.4, -0.2) is 63.5 Å². The van der Waals surface area contributed by atoms with Crippen molar-refractivity contribution in [2.24, 2.45) is 0 Å². The Labute approximate surface area is 156 Å². The minimum absolute atomic E-state index is 0.0237. The molecule has 2 N–H and O–H groups in total. The fraction of sp³-hybridized carbons (Fsp3) is 0.333. The number of aromatic amines is 1. The van der Waals surface area contributed by atoms with Crippen LogP contribution in [0.25, 0.3) is 11.2 Å². The second-order valence-corrected chi connectivity index (χ2v) is 7.45. The van der Waals surface area contributed by atoms with Crippen LogP contribution in [0.3, 0.4) is 0 Å². The number of nitrogens with zero attached hydrogens (tertiary/aromatic N) is 5. The molecule has 8 nitrogen and oxygen atoms in total. The highest BCUT2D eigenvalue weighted by atomic mass is 79.9. The zero-order valence-electron chi connectivity index (χ0n) is 13.3. The molecule has 4 rings (SSSR count). The minimum atomic E-state index is -0.0237. The molecule has 1 saturated heterocycles. The molecule has 0 saturated carbocycles. The summed E-state index contributed by atoms with van der Waals surface area (Å²) in [6.45, 7) is 3.68. The van der Waals surface area contributed by atoms with E-state index < -0.39 is 0 Å². The number of H-pyrrole nitrogens is 1. The van der Waals surface area contributed by atoms with Crippen LogP contribution in [0.5, 0.6) is 0 Å². The second-order valence-electron chi connectivity index (χ2n) is 5.70. The number of fused-ring (bicyclic) bond motifs is 1. The number of hydrogen-bond acceptors (Lipinski definition) is 7. The molecule has 130 valence electrons. The molecule has 1 amide bonds. The number of aromatic nitrogens is 4. The van der Waals surface area contributed by atoms with Gasteiger partial charge in [0.25, 0.3) is 0 Å². The van der Waals surface area contributed by atoms with Gasteiger partial charge in [0, 0.05) is 44.0 Å². The molecule has 0 aromatic carbocycles. The predicted octanol–water partition coefficient (Wildman–Crippen LogP) is 1.94. The minimum Gasteiger partial charge on any atom is -0.366 e. The van der Waals surface area contributed by atoms with Crippen molar-refractivity contribution in [3.8, 4) is 0 Å². The summed E-state index contributed by atoms with van der Waals surface area (Å²) < 4.78 is 0.944. The fourth-order valence-corrected chi connectivity index (χ4v) is 4.04. The Balaban J connectivity index is 1.39. The topological polar surface area (TPSA) is 90.0 Å². The van der Waals surface area contributed by atoms with Crippen molar-refractivity contribution in [2.45, 2.75) is 0 Å². The predicted molar refractivity (Wildman–Crippen MR) is 101 cm³/mol. The van der Waals surface area contributed by atoms with E-state index in [0.29, 0.717) is 17.3 Å². The quantitative estimate of drug-likeness (QED) is 0.668. The van der Waals surface area contributed by atoms with Crippen LogP contribution < -0.4 is 10.2 Å². The Morgan fingerprint density at radius 3 is 2.88 bits per heavy atom. The van der Waals surface area contributed by atoms with Crippen LogP contribution in [0, 0.1) is 0 Å². The van der Waals surface area contributed by atoms with Gasteiger partial charge in [-0.1, -0.05) is 0 Å². The van der Waals surface area contributed by atoms with E-state index in [1.165, 1.54) is 11.3 Å². The number of piperazine rings is 1. The molecule has 1 aliphatic heterocycles. The Hall–Kier alpha value is -2.04. The lowest BCUT2D eigenvalue weighted by Crippen LogP contribution is -2.48. The van der Waals surface area contributed by atoms with E-state index in [1.54, 1.807) is 18.7 Å². The van der Waals surface area contributed by atoms with Gasteiger partial charge in [-0.3, -0.25) is 9.69 Å². The van der Waals surface area contributed by atoms with E-state index in [4.69, 9.17) is 0 Å². The monoisotopic (exact) mass is 421 g/mol. The lowest BCUT2D eigenvalue weighted by molar-refractivity contribution is -0.117. The molecule has 1 fully saturated rings. The van der Waals surface area contributed by atoms with Gasteiger partial charge in [0.05, 0.1) is 23.0 Å². The van der Waals surface area contributed by atoms with Crippen LogP contribution in [0.4, 0.5) is 10.8 Å². The first-order valence-electron chi connectivity index (χ1n) is 7.85. The molecule has 0 aliphatic carbocycles. The lowest BCUT2D eigenvalue weighted by atomic mass is 10.2. The zero-order chi connectivity index (χ0) is 17.2.